The zero-order valence-corrected chi connectivity index (χ0v) is 22.9. The molecule has 2 atom stereocenters. The van der Waals surface area contributed by atoms with Crippen molar-refractivity contribution in [3.05, 3.63) is 77.2 Å². The first kappa shape index (κ1) is 29.2. The average molecular weight is 545 g/mol. The van der Waals surface area contributed by atoms with Crippen LogP contribution in [0.5, 0.6) is 0 Å². The van der Waals surface area contributed by atoms with Gasteiger partial charge < -0.3 is 24.8 Å². The third-order valence-electron chi connectivity index (χ3n) is 6.10. The molecule has 5 nitrogen and oxygen atoms in total. The first-order valence-corrected chi connectivity index (χ1v) is 11.8. The minimum Gasteiger partial charge on any atom is -1.00 e. The molecular formula is C27H29Cl2N5V. The minimum atomic E-state index is 0. The molecule has 5 rings (SSSR count). The zero-order chi connectivity index (χ0) is 21.9. The predicted molar refractivity (Wildman–Crippen MR) is 133 cm³/mol. The molecule has 3 heterocycles. The predicted octanol–water partition coefficient (Wildman–Crippen LogP) is -0.400. The van der Waals surface area contributed by atoms with Gasteiger partial charge in [0.15, 0.2) is 11.7 Å². The summed E-state index contributed by atoms with van der Waals surface area (Å²) in [5.74, 6) is 1.38. The molecule has 0 saturated heterocycles. The summed E-state index contributed by atoms with van der Waals surface area (Å²) in [6.07, 6.45) is 20.0. The molecule has 1 aromatic heterocycles. The van der Waals surface area contributed by atoms with E-state index in [-0.39, 0.29) is 55.5 Å². The maximum atomic E-state index is 4.82. The fraction of sp³-hybridized carbons (Fsp3) is 0.370. The normalized spacial score (nSPS) is 21.1. The van der Waals surface area contributed by atoms with E-state index in [9.17, 15) is 0 Å². The molecular weight excluding hydrogens is 516 g/mol. The van der Waals surface area contributed by atoms with Gasteiger partial charge in [-0.25, -0.2) is 15.0 Å². The molecule has 2 unspecified atom stereocenters. The molecule has 2 aliphatic carbocycles. The van der Waals surface area contributed by atoms with E-state index in [4.69, 9.17) is 25.0 Å². The number of hydrogen-bond donors (Lipinski definition) is 0. The van der Waals surface area contributed by atoms with Crippen molar-refractivity contribution >= 4 is 23.1 Å². The largest absolute Gasteiger partial charge is 2.00 e. The molecule has 4 aliphatic rings. The van der Waals surface area contributed by atoms with Gasteiger partial charge in [-0.05, 0) is 61.1 Å². The summed E-state index contributed by atoms with van der Waals surface area (Å²) >= 11 is 0. The third kappa shape index (κ3) is 6.59. The summed E-state index contributed by atoms with van der Waals surface area (Å²) in [4.78, 5) is 24.0. The van der Waals surface area contributed by atoms with E-state index in [1.807, 2.05) is 18.2 Å². The quantitative estimate of drug-likeness (QED) is 0.439. The number of rotatable bonds is 8. The molecule has 0 saturated carbocycles. The Morgan fingerprint density at radius 2 is 1.17 bits per heavy atom. The molecule has 2 aliphatic heterocycles. The number of nitrogens with zero attached hydrogens (tertiary/aromatic N) is 5. The molecule has 1 aromatic rings. The van der Waals surface area contributed by atoms with E-state index >= 15 is 0 Å². The van der Waals surface area contributed by atoms with E-state index in [1.54, 1.807) is 0 Å². The first-order valence-electron chi connectivity index (χ1n) is 11.8. The van der Waals surface area contributed by atoms with Crippen LogP contribution in [0.4, 0.5) is 0 Å². The second-order valence-electron chi connectivity index (χ2n) is 8.64. The van der Waals surface area contributed by atoms with Gasteiger partial charge >= 0.3 is 18.6 Å². The first-order chi connectivity index (χ1) is 15.7. The Labute approximate surface area is 232 Å². The molecule has 0 spiro atoms. The van der Waals surface area contributed by atoms with Gasteiger partial charge in [0.05, 0.1) is 11.4 Å². The maximum Gasteiger partial charge on any atom is 2.00 e. The Kier molecular flexibility index (Phi) is 11.1. The Bertz CT molecular complexity index is 1090. The summed E-state index contributed by atoms with van der Waals surface area (Å²) in [7, 11) is 0. The van der Waals surface area contributed by atoms with Crippen LogP contribution in [-0.2, 0) is 18.6 Å². The van der Waals surface area contributed by atoms with E-state index in [0.29, 0.717) is 11.7 Å². The number of aliphatic imine (C=N–C) groups is 4. The molecule has 181 valence electrons. The average Bonchev–Trinajstić information content (AvgIpc) is 3.45. The molecule has 0 bridgehead atoms. The van der Waals surface area contributed by atoms with Crippen molar-refractivity contribution in [1.29, 1.82) is 0 Å². The zero-order valence-electron chi connectivity index (χ0n) is 20.0. The van der Waals surface area contributed by atoms with Gasteiger partial charge in [0.25, 0.3) is 0 Å². The summed E-state index contributed by atoms with van der Waals surface area (Å²) in [6.45, 7) is 4.43. The summed E-state index contributed by atoms with van der Waals surface area (Å²) in [5.41, 5.74) is 6.24. The molecule has 0 N–H and O–H groups in total. The summed E-state index contributed by atoms with van der Waals surface area (Å²) in [5, 5.41) is 0. The van der Waals surface area contributed by atoms with Crippen LogP contribution in [0.25, 0.3) is 0 Å². The van der Waals surface area contributed by atoms with E-state index in [2.05, 4.69) is 50.3 Å². The summed E-state index contributed by atoms with van der Waals surface area (Å²) in [6, 6.07) is 5.93. The standard InChI is InChI=1S/C27H29N5.2ClH.V/c1-3-5-8-18-12-14-20-24(16-18)31-26(29-20)22-10-7-11-23(28-22)27-30-21-15-13-19(9-6-4-2)17-25(21)32-27;;;/h7,10-17,20-21H,3-6,8-9H2,1-2H3;2*1H;/q;;;+2/p-2. The van der Waals surface area contributed by atoms with E-state index in [0.717, 1.165) is 35.7 Å². The van der Waals surface area contributed by atoms with Gasteiger partial charge in [-0.1, -0.05) is 57.1 Å². The second-order valence-corrected chi connectivity index (χ2v) is 8.64. The molecule has 8 heteroatoms. The summed E-state index contributed by atoms with van der Waals surface area (Å²) < 4.78 is 0. The Morgan fingerprint density at radius 3 is 1.60 bits per heavy atom. The Balaban J connectivity index is 0.00000144. The van der Waals surface area contributed by atoms with E-state index in [1.165, 1.54) is 36.8 Å². The van der Waals surface area contributed by atoms with Crippen LogP contribution in [0.3, 0.4) is 0 Å². The van der Waals surface area contributed by atoms with Crippen LogP contribution in [0.1, 0.15) is 63.8 Å². The van der Waals surface area contributed by atoms with E-state index < -0.39 is 0 Å². The smallest absolute Gasteiger partial charge is 1.00 e. The van der Waals surface area contributed by atoms with Crippen molar-refractivity contribution in [3.63, 3.8) is 0 Å². The number of halogens is 2. The molecule has 35 heavy (non-hydrogen) atoms. The Hall–Kier alpha value is -2.05. The van der Waals surface area contributed by atoms with Crippen LogP contribution in [0.15, 0.2) is 85.8 Å². The molecule has 0 aromatic carbocycles. The van der Waals surface area contributed by atoms with Gasteiger partial charge in [0, 0.05) is 0 Å². The molecule has 0 fully saturated rings. The van der Waals surface area contributed by atoms with Crippen LogP contribution >= 0.6 is 0 Å². The van der Waals surface area contributed by atoms with Gasteiger partial charge in [0.2, 0.25) is 0 Å². The number of allylic oxidation sites excluding steroid dienone is 4. The number of fused-ring (bicyclic) bond motifs is 2. The van der Waals surface area contributed by atoms with Gasteiger partial charge in [0.1, 0.15) is 23.5 Å². The van der Waals surface area contributed by atoms with Crippen LogP contribution < -0.4 is 24.8 Å². The fourth-order valence-electron chi connectivity index (χ4n) is 4.26. The van der Waals surface area contributed by atoms with Crippen molar-refractivity contribution < 1.29 is 43.4 Å². The van der Waals surface area contributed by atoms with Gasteiger partial charge in [-0.3, -0.25) is 9.98 Å². The number of aromatic nitrogens is 1. The topological polar surface area (TPSA) is 62.3 Å². The van der Waals surface area contributed by atoms with Crippen molar-refractivity contribution in [2.75, 3.05) is 0 Å². The third-order valence-corrected chi connectivity index (χ3v) is 6.10. The number of unbranched alkanes of at least 4 members (excludes halogenated alkanes) is 2. The van der Waals surface area contributed by atoms with Crippen molar-refractivity contribution in [1.82, 2.24) is 4.98 Å². The second kappa shape index (κ2) is 13.3. The maximum absolute atomic E-state index is 4.82. The van der Waals surface area contributed by atoms with Crippen LogP contribution in [-0.4, -0.2) is 40.2 Å². The number of hydrogen-bond acceptors (Lipinski definition) is 5. The van der Waals surface area contributed by atoms with Gasteiger partial charge in [-0.2, -0.15) is 0 Å². The minimum absolute atomic E-state index is 0. The molecule has 1 radical (unpaired) electrons. The monoisotopic (exact) mass is 544 g/mol. The van der Waals surface area contributed by atoms with Crippen molar-refractivity contribution in [2.45, 2.75) is 64.5 Å². The van der Waals surface area contributed by atoms with Crippen molar-refractivity contribution in [3.8, 4) is 0 Å². The SMILES string of the molecule is CCCCC1=CC2=NC(c3cccc(C4=NC5C=CC(CCCC)=CC5=N4)n3)=NC2C=C1.[Cl-].[Cl-].[V+2]. The Morgan fingerprint density at radius 1 is 0.714 bits per heavy atom. The number of amidine groups is 2. The fourth-order valence-corrected chi connectivity index (χ4v) is 4.26. The molecule has 0 amide bonds. The van der Waals surface area contributed by atoms with Gasteiger partial charge in [-0.15, -0.1) is 0 Å². The number of pyridine rings is 1. The van der Waals surface area contributed by atoms with Crippen LogP contribution in [0, 0.1) is 0 Å². The van der Waals surface area contributed by atoms with Crippen molar-refractivity contribution in [2.24, 2.45) is 20.0 Å². The van der Waals surface area contributed by atoms with Crippen LogP contribution in [0.2, 0.25) is 0 Å².